The molecule has 1 aromatic heterocycles. The van der Waals surface area contributed by atoms with Gasteiger partial charge in [-0.1, -0.05) is 18.2 Å². The molecule has 0 atom stereocenters. The van der Waals surface area contributed by atoms with Gasteiger partial charge in [-0.25, -0.2) is 22.9 Å². The molecule has 1 aromatic carbocycles. The Hall–Kier alpha value is -2.44. The Labute approximate surface area is 138 Å². The van der Waals surface area contributed by atoms with Crippen molar-refractivity contribution in [3.05, 3.63) is 35.5 Å². The molecule has 0 saturated heterocycles. The highest BCUT2D eigenvalue weighted by molar-refractivity contribution is 6.04. The maximum atomic E-state index is 13.6. The summed E-state index contributed by atoms with van der Waals surface area (Å²) in [7, 11) is 0. The number of hydrogen-bond donors (Lipinski definition) is 0. The number of benzene rings is 1. The van der Waals surface area contributed by atoms with E-state index in [9.17, 15) is 18.4 Å². The first kappa shape index (κ1) is 17.9. The Morgan fingerprint density at radius 2 is 1.83 bits per heavy atom. The van der Waals surface area contributed by atoms with Crippen LogP contribution in [0.1, 0.15) is 50.2 Å². The summed E-state index contributed by atoms with van der Waals surface area (Å²) >= 11 is 0. The fraction of sp³-hybridized carbons (Fsp3) is 0.412. The number of halogens is 2. The van der Waals surface area contributed by atoms with E-state index in [1.807, 2.05) is 0 Å². The van der Waals surface area contributed by atoms with Gasteiger partial charge in [0.05, 0.1) is 17.7 Å². The van der Waals surface area contributed by atoms with E-state index in [-0.39, 0.29) is 17.5 Å². The van der Waals surface area contributed by atoms with Crippen LogP contribution in [0.4, 0.5) is 13.6 Å². The lowest BCUT2D eigenvalue weighted by Gasteiger charge is -2.20. The highest BCUT2D eigenvalue weighted by Crippen LogP contribution is 2.34. The number of carbonyl (C=O) groups is 2. The summed E-state index contributed by atoms with van der Waals surface area (Å²) < 4.78 is 38.2. The third-order valence-electron chi connectivity index (χ3n) is 3.18. The highest BCUT2D eigenvalue weighted by Gasteiger charge is 2.33. The van der Waals surface area contributed by atoms with Crippen LogP contribution in [0.3, 0.4) is 0 Å². The first-order valence-electron chi connectivity index (χ1n) is 7.49. The van der Waals surface area contributed by atoms with Gasteiger partial charge in [-0.05, 0) is 33.8 Å². The average Bonchev–Trinajstić information content (AvgIpc) is 2.81. The van der Waals surface area contributed by atoms with Gasteiger partial charge >= 0.3 is 12.1 Å². The summed E-state index contributed by atoms with van der Waals surface area (Å²) in [5.41, 5.74) is -1.71. The van der Waals surface area contributed by atoms with E-state index in [0.717, 1.165) is 4.57 Å². The fourth-order valence-corrected chi connectivity index (χ4v) is 2.38. The number of alkyl halides is 2. The molecule has 130 valence electrons. The van der Waals surface area contributed by atoms with E-state index < -0.39 is 35.3 Å². The van der Waals surface area contributed by atoms with Crippen LogP contribution in [0.5, 0.6) is 0 Å². The second-order valence-corrected chi connectivity index (χ2v) is 6.12. The van der Waals surface area contributed by atoms with Gasteiger partial charge in [0.2, 0.25) is 0 Å². The molecular formula is C17H19F2NO4. The van der Waals surface area contributed by atoms with Crippen molar-refractivity contribution in [3.63, 3.8) is 0 Å². The van der Waals surface area contributed by atoms with E-state index in [2.05, 4.69) is 0 Å². The zero-order valence-electron chi connectivity index (χ0n) is 13.9. The van der Waals surface area contributed by atoms with Crippen LogP contribution in [0, 0.1) is 0 Å². The first-order chi connectivity index (χ1) is 11.2. The van der Waals surface area contributed by atoms with Gasteiger partial charge < -0.3 is 9.47 Å². The number of nitrogens with zero attached hydrogens (tertiary/aromatic N) is 1. The molecule has 7 heteroatoms. The molecular weight excluding hydrogens is 320 g/mol. The van der Waals surface area contributed by atoms with Gasteiger partial charge in [-0.3, -0.25) is 0 Å². The number of fused-ring (bicyclic) bond motifs is 1. The van der Waals surface area contributed by atoms with Crippen molar-refractivity contribution < 1.29 is 27.8 Å². The Balaban J connectivity index is 2.78. The number of hydrogen-bond acceptors (Lipinski definition) is 4. The lowest BCUT2D eigenvalue weighted by Crippen LogP contribution is -2.29. The molecule has 0 N–H and O–H groups in total. The molecule has 0 unspecified atom stereocenters. The van der Waals surface area contributed by atoms with E-state index in [4.69, 9.17) is 9.47 Å². The quantitative estimate of drug-likeness (QED) is 0.771. The number of ether oxygens (including phenoxy) is 2. The third-order valence-corrected chi connectivity index (χ3v) is 3.18. The molecule has 0 fully saturated rings. The van der Waals surface area contributed by atoms with Gasteiger partial charge in [-0.15, -0.1) is 0 Å². The Kier molecular flexibility index (Phi) is 4.91. The second-order valence-electron chi connectivity index (χ2n) is 6.12. The maximum Gasteiger partial charge on any atom is 0.419 e. The first-order valence-corrected chi connectivity index (χ1v) is 7.49. The van der Waals surface area contributed by atoms with E-state index in [1.54, 1.807) is 39.8 Å². The van der Waals surface area contributed by atoms with Crippen molar-refractivity contribution in [2.24, 2.45) is 0 Å². The minimum Gasteiger partial charge on any atom is -0.461 e. The van der Waals surface area contributed by atoms with Crippen molar-refractivity contribution >= 4 is 23.0 Å². The van der Waals surface area contributed by atoms with Crippen molar-refractivity contribution in [2.45, 2.75) is 39.7 Å². The fourth-order valence-electron chi connectivity index (χ4n) is 2.38. The third kappa shape index (κ3) is 3.39. The van der Waals surface area contributed by atoms with Crippen LogP contribution in [0.15, 0.2) is 24.3 Å². The predicted octanol–water partition coefficient (Wildman–Crippen LogP) is 4.54. The van der Waals surface area contributed by atoms with E-state index in [0.29, 0.717) is 0 Å². The number of esters is 1. The molecule has 2 aromatic rings. The van der Waals surface area contributed by atoms with Gasteiger partial charge in [0.25, 0.3) is 6.43 Å². The van der Waals surface area contributed by atoms with Gasteiger partial charge in [0.1, 0.15) is 11.3 Å². The topological polar surface area (TPSA) is 57.5 Å². The summed E-state index contributed by atoms with van der Waals surface area (Å²) in [4.78, 5) is 24.8. The van der Waals surface area contributed by atoms with Crippen molar-refractivity contribution in [3.8, 4) is 0 Å². The highest BCUT2D eigenvalue weighted by atomic mass is 19.3. The molecule has 5 nitrogen and oxygen atoms in total. The van der Waals surface area contributed by atoms with Crippen LogP contribution < -0.4 is 0 Å². The van der Waals surface area contributed by atoms with Crippen LogP contribution in [0.25, 0.3) is 10.9 Å². The normalized spacial score (nSPS) is 11.8. The number of aromatic nitrogens is 1. The number of carbonyl (C=O) groups excluding carboxylic acids is 2. The van der Waals surface area contributed by atoms with Crippen LogP contribution in [0.2, 0.25) is 0 Å². The van der Waals surface area contributed by atoms with Crippen LogP contribution >= 0.6 is 0 Å². The summed E-state index contributed by atoms with van der Waals surface area (Å²) in [5, 5.41) is 0.112. The van der Waals surface area contributed by atoms with Crippen molar-refractivity contribution in [1.82, 2.24) is 4.57 Å². The minimum atomic E-state index is -2.95. The van der Waals surface area contributed by atoms with Gasteiger partial charge in [-0.2, -0.15) is 0 Å². The zero-order chi connectivity index (χ0) is 18.1. The molecule has 2 rings (SSSR count). The Morgan fingerprint density at radius 1 is 1.21 bits per heavy atom. The van der Waals surface area contributed by atoms with Crippen molar-refractivity contribution in [2.75, 3.05) is 6.61 Å². The second kappa shape index (κ2) is 6.59. The monoisotopic (exact) mass is 339 g/mol. The van der Waals surface area contributed by atoms with E-state index >= 15 is 0 Å². The maximum absolute atomic E-state index is 13.6. The van der Waals surface area contributed by atoms with Crippen molar-refractivity contribution in [1.29, 1.82) is 0 Å². The summed E-state index contributed by atoms with van der Waals surface area (Å²) in [6, 6.07) is 6.06. The lowest BCUT2D eigenvalue weighted by molar-refractivity contribution is 0.0444. The predicted molar refractivity (Wildman–Crippen MR) is 84.5 cm³/mol. The smallest absolute Gasteiger partial charge is 0.419 e. The summed E-state index contributed by atoms with van der Waals surface area (Å²) in [5.74, 6) is -0.991. The van der Waals surface area contributed by atoms with Crippen LogP contribution in [-0.4, -0.2) is 28.8 Å². The molecule has 0 spiro atoms. The average molecular weight is 339 g/mol. The molecule has 0 amide bonds. The molecule has 0 radical (unpaired) electrons. The Morgan fingerprint density at radius 3 is 2.38 bits per heavy atom. The van der Waals surface area contributed by atoms with Crippen LogP contribution in [-0.2, 0) is 9.47 Å². The van der Waals surface area contributed by atoms with Gasteiger partial charge in [0.15, 0.2) is 0 Å². The SMILES string of the molecule is CCOC(=O)c1c(C(F)F)c2ccccc2n1C(=O)OC(C)(C)C. The molecule has 0 aliphatic rings. The molecule has 0 bridgehead atoms. The summed E-state index contributed by atoms with van der Waals surface area (Å²) in [6.07, 6.45) is -3.85. The largest absolute Gasteiger partial charge is 0.461 e. The number of rotatable bonds is 3. The molecule has 0 aliphatic carbocycles. The molecule has 24 heavy (non-hydrogen) atoms. The molecule has 1 heterocycles. The number of para-hydroxylation sites is 1. The molecule has 0 saturated carbocycles. The van der Waals surface area contributed by atoms with E-state index in [1.165, 1.54) is 12.1 Å². The Bertz CT molecular complexity index is 775. The lowest BCUT2D eigenvalue weighted by atomic mass is 10.1. The summed E-state index contributed by atoms with van der Waals surface area (Å²) in [6.45, 7) is 6.50. The standard InChI is InChI=1S/C17H19F2NO4/c1-5-23-15(21)13-12(14(18)19)10-8-6-7-9-11(10)20(13)16(22)24-17(2,3)4/h6-9,14H,5H2,1-4H3. The zero-order valence-corrected chi connectivity index (χ0v) is 13.9. The minimum absolute atomic E-state index is 0.00262. The van der Waals surface area contributed by atoms with Gasteiger partial charge in [0, 0.05) is 5.39 Å². The molecule has 0 aliphatic heterocycles.